The number of sulfonamides is 1. The van der Waals surface area contributed by atoms with Crippen molar-refractivity contribution in [2.45, 2.75) is 101 Å². The molecule has 0 unspecified atom stereocenters. The molecule has 0 bridgehead atoms. The Kier molecular flexibility index (Phi) is 9.35. The number of aryl methyl sites for hydroxylation is 1. The number of allylic oxidation sites excluding steroid dienone is 2. The SMILES string of the molecule is Cc1ccc2c(O[C@@H]3C[C@H]4C(=O)C[C@]5(C(=O)NS(=O)(=O)C6(C)CC6)C[C@@H]5/C=C\CCCCC[C@H](Cc5ccccc5)C(=O)N4C3)ccnc2c1. The zero-order valence-corrected chi connectivity index (χ0v) is 29.8. The van der Waals surface area contributed by atoms with E-state index in [1.165, 1.54) is 0 Å². The Balaban J connectivity index is 1.20. The highest BCUT2D eigenvalue weighted by molar-refractivity contribution is 7.91. The Morgan fingerprint density at radius 2 is 1.86 bits per heavy atom. The van der Waals surface area contributed by atoms with Gasteiger partial charge in [0.15, 0.2) is 5.78 Å². The van der Waals surface area contributed by atoms with Crippen LogP contribution in [0.1, 0.15) is 82.3 Å². The van der Waals surface area contributed by atoms with Gasteiger partial charge in [-0.1, -0.05) is 61.4 Å². The highest BCUT2D eigenvalue weighted by Crippen LogP contribution is 2.57. The lowest BCUT2D eigenvalue weighted by Gasteiger charge is -2.29. The number of rotatable bonds is 7. The van der Waals surface area contributed by atoms with Gasteiger partial charge in [0.05, 0.1) is 28.3 Å². The van der Waals surface area contributed by atoms with Gasteiger partial charge < -0.3 is 9.64 Å². The standard InChI is InChI=1S/C40H47N3O6S/c1-27-15-16-32-33(21-27)41-20-17-36(32)49-31-23-34-35(44)25-40(38(46)42-50(47,48)39(2)18-19-39)24-30(40)14-10-5-3-4-9-13-29(37(45)43(34)26-31)22-28-11-7-6-8-12-28/h6-8,10-12,14-17,20-21,29-31,34H,3-5,9,13,18-19,22-26H2,1-2H3,(H,42,46)/b14-10-/t29-,30+,31-,34+,40-/m1/s1. The van der Waals surface area contributed by atoms with Crippen LogP contribution in [-0.2, 0) is 30.8 Å². The average molecular weight is 698 g/mol. The van der Waals surface area contributed by atoms with E-state index in [4.69, 9.17) is 4.74 Å². The summed E-state index contributed by atoms with van der Waals surface area (Å²) in [5, 5.41) is 0.857. The molecule has 4 aliphatic rings. The maximum absolute atomic E-state index is 14.6. The minimum atomic E-state index is -3.88. The van der Waals surface area contributed by atoms with Crippen LogP contribution >= 0.6 is 0 Å². The zero-order chi connectivity index (χ0) is 35.1. The first-order chi connectivity index (χ1) is 24.0. The van der Waals surface area contributed by atoms with E-state index >= 15 is 0 Å². The van der Waals surface area contributed by atoms with Crippen molar-refractivity contribution in [3.63, 3.8) is 0 Å². The molecule has 3 heterocycles. The largest absolute Gasteiger partial charge is 0.488 e. The van der Waals surface area contributed by atoms with Gasteiger partial charge in [-0.05, 0) is 94.0 Å². The van der Waals surface area contributed by atoms with Crippen molar-refractivity contribution in [3.05, 3.63) is 84.1 Å². The molecule has 5 atom stereocenters. The van der Waals surface area contributed by atoms with E-state index in [-0.39, 0.29) is 42.9 Å². The third kappa shape index (κ3) is 6.96. The van der Waals surface area contributed by atoms with Crippen molar-refractivity contribution in [2.24, 2.45) is 17.3 Å². The Morgan fingerprint density at radius 1 is 1.06 bits per heavy atom. The first-order valence-corrected chi connectivity index (χ1v) is 19.6. The Labute approximate surface area is 294 Å². The second-order valence-corrected chi connectivity index (χ2v) is 17.5. The van der Waals surface area contributed by atoms with Crippen LogP contribution in [0.4, 0.5) is 0 Å². The summed E-state index contributed by atoms with van der Waals surface area (Å²) < 4.78 is 34.3. The van der Waals surface area contributed by atoms with Crippen molar-refractivity contribution in [1.82, 2.24) is 14.6 Å². The van der Waals surface area contributed by atoms with Crippen LogP contribution in [0.3, 0.4) is 0 Å². The molecule has 3 fully saturated rings. The number of pyridine rings is 1. The van der Waals surface area contributed by atoms with E-state index in [1.54, 1.807) is 18.0 Å². The molecule has 1 aromatic heterocycles. The van der Waals surface area contributed by atoms with Gasteiger partial charge in [0.1, 0.15) is 11.9 Å². The van der Waals surface area contributed by atoms with Crippen LogP contribution in [0, 0.1) is 24.2 Å². The summed E-state index contributed by atoms with van der Waals surface area (Å²) in [6.45, 7) is 3.90. The third-order valence-corrected chi connectivity index (χ3v) is 13.6. The van der Waals surface area contributed by atoms with E-state index in [0.29, 0.717) is 37.9 Å². The smallest absolute Gasteiger partial charge is 0.240 e. The maximum Gasteiger partial charge on any atom is 0.240 e. The zero-order valence-electron chi connectivity index (χ0n) is 29.0. The number of carbonyl (C=O) groups excluding carboxylic acids is 3. The van der Waals surface area contributed by atoms with Crippen LogP contribution in [0.25, 0.3) is 10.9 Å². The molecule has 1 N–H and O–H groups in total. The molecule has 7 rings (SSSR count). The quantitative estimate of drug-likeness (QED) is 0.290. The van der Waals surface area contributed by atoms with Crippen LogP contribution in [0.15, 0.2) is 72.9 Å². The fraction of sp³-hybridized carbons (Fsp3) is 0.500. The van der Waals surface area contributed by atoms with Crippen LogP contribution < -0.4 is 9.46 Å². The second kappa shape index (κ2) is 13.6. The average Bonchev–Trinajstić information content (AvgIpc) is 3.97. The van der Waals surface area contributed by atoms with Crippen molar-refractivity contribution in [3.8, 4) is 5.75 Å². The predicted molar refractivity (Wildman–Crippen MR) is 192 cm³/mol. The molecule has 0 radical (unpaired) electrons. The molecule has 1 saturated heterocycles. The minimum absolute atomic E-state index is 0.0726. The van der Waals surface area contributed by atoms with Gasteiger partial charge in [-0.2, -0.15) is 0 Å². The Hall–Kier alpha value is -4.05. The lowest BCUT2D eigenvalue weighted by molar-refractivity contribution is -0.142. The number of ether oxygens (including phenoxy) is 1. The highest BCUT2D eigenvalue weighted by atomic mass is 32.2. The molecule has 2 aliphatic carbocycles. The van der Waals surface area contributed by atoms with Gasteiger partial charge in [0.2, 0.25) is 21.8 Å². The van der Waals surface area contributed by atoms with E-state index in [0.717, 1.165) is 47.7 Å². The first-order valence-electron chi connectivity index (χ1n) is 18.1. The highest BCUT2D eigenvalue weighted by Gasteiger charge is 2.62. The number of aromatic nitrogens is 1. The minimum Gasteiger partial charge on any atom is -0.488 e. The molecule has 10 heteroatoms. The molecule has 2 saturated carbocycles. The van der Waals surface area contributed by atoms with Gasteiger partial charge in [-0.3, -0.25) is 24.1 Å². The fourth-order valence-electron chi connectivity index (χ4n) is 7.83. The van der Waals surface area contributed by atoms with Crippen LogP contribution in [-0.4, -0.2) is 59.3 Å². The number of hydrogen-bond donors (Lipinski definition) is 1. The molecule has 2 aromatic carbocycles. The number of fused-ring (bicyclic) bond motifs is 3. The summed E-state index contributed by atoms with van der Waals surface area (Å²) in [7, 11) is -3.88. The fourth-order valence-corrected chi connectivity index (χ4v) is 9.17. The molecular formula is C40H47N3O6S. The number of benzene rings is 2. The summed E-state index contributed by atoms with van der Waals surface area (Å²) in [5.41, 5.74) is 1.80. The van der Waals surface area contributed by atoms with Crippen molar-refractivity contribution in [1.29, 1.82) is 0 Å². The number of amides is 2. The monoisotopic (exact) mass is 697 g/mol. The van der Waals surface area contributed by atoms with E-state index in [2.05, 4.69) is 15.8 Å². The normalized spacial score (nSPS) is 28.9. The van der Waals surface area contributed by atoms with Gasteiger partial charge in [0.25, 0.3) is 0 Å². The number of hydrogen-bond acceptors (Lipinski definition) is 7. The van der Waals surface area contributed by atoms with Gasteiger partial charge in [-0.15, -0.1) is 0 Å². The summed E-state index contributed by atoms with van der Waals surface area (Å²) in [6, 6.07) is 17.0. The van der Waals surface area contributed by atoms with Gasteiger partial charge >= 0.3 is 0 Å². The maximum atomic E-state index is 14.6. The molecule has 2 aliphatic heterocycles. The first kappa shape index (κ1) is 34.4. The van der Waals surface area contributed by atoms with E-state index in [1.807, 2.05) is 67.6 Å². The second-order valence-electron chi connectivity index (χ2n) is 15.3. The lowest BCUT2D eigenvalue weighted by atomic mass is 9.90. The van der Waals surface area contributed by atoms with E-state index < -0.39 is 38.2 Å². The van der Waals surface area contributed by atoms with Gasteiger partial charge in [0, 0.05) is 30.3 Å². The molecule has 264 valence electrons. The summed E-state index contributed by atoms with van der Waals surface area (Å²) in [6.07, 6.45) is 11.8. The van der Waals surface area contributed by atoms with Crippen LogP contribution in [0.2, 0.25) is 0 Å². The molecule has 9 nitrogen and oxygen atoms in total. The number of nitrogens with one attached hydrogen (secondary N) is 1. The number of ketones is 1. The van der Waals surface area contributed by atoms with Gasteiger partial charge in [-0.25, -0.2) is 8.42 Å². The molecule has 2 amide bonds. The number of Topliss-reactive ketones (excluding diaryl/α,β-unsaturated/α-hetero) is 1. The molecule has 50 heavy (non-hydrogen) atoms. The summed E-state index contributed by atoms with van der Waals surface area (Å²) in [4.78, 5) is 49.2. The third-order valence-electron chi connectivity index (χ3n) is 11.4. The Morgan fingerprint density at radius 3 is 2.64 bits per heavy atom. The summed E-state index contributed by atoms with van der Waals surface area (Å²) in [5.74, 6) is -0.820. The number of nitrogens with zero attached hydrogens (tertiary/aromatic N) is 2. The number of carbonyl (C=O) groups is 3. The molecular weight excluding hydrogens is 651 g/mol. The topological polar surface area (TPSA) is 123 Å². The van der Waals surface area contributed by atoms with E-state index in [9.17, 15) is 22.8 Å². The van der Waals surface area contributed by atoms with Crippen molar-refractivity contribution < 1.29 is 27.5 Å². The predicted octanol–water partition coefficient (Wildman–Crippen LogP) is 6.23. The lowest BCUT2D eigenvalue weighted by Crippen LogP contribution is -2.47. The molecule has 3 aromatic rings. The van der Waals surface area contributed by atoms with Crippen molar-refractivity contribution in [2.75, 3.05) is 6.54 Å². The van der Waals surface area contributed by atoms with Crippen molar-refractivity contribution >= 4 is 38.5 Å². The summed E-state index contributed by atoms with van der Waals surface area (Å²) >= 11 is 0. The van der Waals surface area contributed by atoms with Crippen LogP contribution in [0.5, 0.6) is 5.75 Å². The molecule has 0 spiro atoms. The Bertz CT molecular complexity index is 1920.